The van der Waals surface area contributed by atoms with Crippen molar-refractivity contribution in [3.05, 3.63) is 12.2 Å². The van der Waals surface area contributed by atoms with Crippen LogP contribution in [0, 0.1) is 29.6 Å². The minimum absolute atomic E-state index is 0.142. The average molecular weight is 468 g/mol. The Morgan fingerprint density at radius 2 is 1.58 bits per heavy atom. The quantitative estimate of drug-likeness (QED) is 0.351. The number of halogens is 9. The Labute approximate surface area is 167 Å². The molecule has 174 valence electrons. The van der Waals surface area contributed by atoms with Gasteiger partial charge in [0.25, 0.3) is 0 Å². The maximum absolute atomic E-state index is 12.8. The first-order valence-electron chi connectivity index (χ1n) is 8.78. The molecule has 0 amide bonds. The standard InChI is InChI=1S/C17H13F9O5/c1-4(15(18,19)20)13(28)30-11-5-2-6-10(14(29)31-12(6)11)9(5)7(27)3-8(16(21,22)23)17(24,25)26/h5-6,8-12H,1-3H2. The van der Waals surface area contributed by atoms with Crippen LogP contribution < -0.4 is 0 Å². The molecule has 2 aliphatic carbocycles. The molecule has 0 radical (unpaired) electrons. The Kier molecular flexibility index (Phi) is 5.37. The number of ether oxygens (including phenoxy) is 2. The van der Waals surface area contributed by atoms with Crippen LogP contribution in [0.1, 0.15) is 12.8 Å². The van der Waals surface area contributed by atoms with Crippen molar-refractivity contribution >= 4 is 17.7 Å². The molecule has 0 spiro atoms. The average Bonchev–Trinajstić information content (AvgIpc) is 3.19. The van der Waals surface area contributed by atoms with Gasteiger partial charge in [-0.3, -0.25) is 9.59 Å². The number of fused-ring (bicyclic) bond motifs is 1. The summed E-state index contributed by atoms with van der Waals surface area (Å²) in [6.45, 7) is 2.53. The van der Waals surface area contributed by atoms with Gasteiger partial charge in [0.2, 0.25) is 0 Å². The van der Waals surface area contributed by atoms with E-state index in [1.165, 1.54) is 0 Å². The molecular formula is C17H13F9O5. The molecule has 1 heterocycles. The van der Waals surface area contributed by atoms with Crippen molar-refractivity contribution in [1.29, 1.82) is 0 Å². The molecular weight excluding hydrogens is 455 g/mol. The zero-order valence-corrected chi connectivity index (χ0v) is 15.1. The summed E-state index contributed by atoms with van der Waals surface area (Å²) in [4.78, 5) is 36.2. The van der Waals surface area contributed by atoms with E-state index in [1.807, 2.05) is 0 Å². The van der Waals surface area contributed by atoms with Crippen LogP contribution in [0.25, 0.3) is 0 Å². The first-order valence-corrected chi connectivity index (χ1v) is 8.78. The molecule has 2 saturated carbocycles. The van der Waals surface area contributed by atoms with Gasteiger partial charge in [0.05, 0.1) is 5.92 Å². The van der Waals surface area contributed by atoms with Gasteiger partial charge in [0, 0.05) is 24.2 Å². The summed E-state index contributed by atoms with van der Waals surface area (Å²) < 4.78 is 124. The highest BCUT2D eigenvalue weighted by molar-refractivity contribution is 5.91. The molecule has 6 atom stereocenters. The molecule has 0 aromatic rings. The molecule has 0 N–H and O–H groups in total. The number of carbonyl (C=O) groups is 3. The van der Waals surface area contributed by atoms with Gasteiger partial charge in [-0.15, -0.1) is 0 Å². The van der Waals surface area contributed by atoms with E-state index in [0.717, 1.165) is 0 Å². The lowest BCUT2D eigenvalue weighted by molar-refractivity contribution is -0.284. The summed E-state index contributed by atoms with van der Waals surface area (Å²) in [5.74, 6) is -13.7. The first-order chi connectivity index (χ1) is 13.9. The van der Waals surface area contributed by atoms with Gasteiger partial charge in [-0.2, -0.15) is 39.5 Å². The van der Waals surface area contributed by atoms with Crippen molar-refractivity contribution in [3.63, 3.8) is 0 Å². The van der Waals surface area contributed by atoms with E-state index < -0.39 is 90.0 Å². The number of hydrogen-bond acceptors (Lipinski definition) is 5. The fraction of sp³-hybridized carbons (Fsp3) is 0.706. The zero-order chi connectivity index (χ0) is 23.7. The number of carbonyl (C=O) groups excluding carboxylic acids is 3. The lowest BCUT2D eigenvalue weighted by atomic mass is 9.74. The van der Waals surface area contributed by atoms with Gasteiger partial charge in [0.15, 0.2) is 5.92 Å². The van der Waals surface area contributed by atoms with Crippen LogP contribution in [0.5, 0.6) is 0 Å². The van der Waals surface area contributed by atoms with Crippen LogP contribution in [0.4, 0.5) is 39.5 Å². The molecule has 3 fully saturated rings. The predicted octanol–water partition coefficient (Wildman–Crippen LogP) is 3.52. The molecule has 14 heteroatoms. The van der Waals surface area contributed by atoms with Crippen molar-refractivity contribution in [2.24, 2.45) is 29.6 Å². The molecule has 3 aliphatic rings. The van der Waals surface area contributed by atoms with Gasteiger partial charge < -0.3 is 9.47 Å². The summed E-state index contributed by atoms with van der Waals surface area (Å²) in [5, 5.41) is 0. The summed E-state index contributed by atoms with van der Waals surface area (Å²) in [5.41, 5.74) is -1.91. The van der Waals surface area contributed by atoms with E-state index in [4.69, 9.17) is 9.47 Å². The maximum Gasteiger partial charge on any atom is 0.422 e. The Morgan fingerprint density at radius 3 is 2.06 bits per heavy atom. The highest BCUT2D eigenvalue weighted by Crippen LogP contribution is 2.59. The molecule has 1 saturated heterocycles. The van der Waals surface area contributed by atoms with Crippen LogP contribution in [0.2, 0.25) is 0 Å². The molecule has 6 unspecified atom stereocenters. The summed E-state index contributed by atoms with van der Waals surface area (Å²) in [6, 6.07) is 0. The summed E-state index contributed by atoms with van der Waals surface area (Å²) in [7, 11) is 0. The minimum atomic E-state index is -5.79. The van der Waals surface area contributed by atoms with Crippen molar-refractivity contribution in [1.82, 2.24) is 0 Å². The second-order valence-electron chi connectivity index (χ2n) is 7.67. The molecule has 1 aliphatic heterocycles. The minimum Gasteiger partial charge on any atom is -0.458 e. The first kappa shape index (κ1) is 23.4. The largest absolute Gasteiger partial charge is 0.458 e. The normalized spacial score (nSPS) is 32.4. The monoisotopic (exact) mass is 468 g/mol. The number of hydrogen-bond donors (Lipinski definition) is 0. The Morgan fingerprint density at radius 1 is 1.03 bits per heavy atom. The summed E-state index contributed by atoms with van der Waals surface area (Å²) >= 11 is 0. The van der Waals surface area contributed by atoms with Crippen LogP contribution in [0.3, 0.4) is 0 Å². The fourth-order valence-electron chi connectivity index (χ4n) is 4.65. The van der Waals surface area contributed by atoms with E-state index >= 15 is 0 Å². The van der Waals surface area contributed by atoms with E-state index in [2.05, 4.69) is 6.58 Å². The molecule has 2 bridgehead atoms. The maximum atomic E-state index is 12.8. The van der Waals surface area contributed by atoms with Crippen LogP contribution in [-0.4, -0.2) is 48.5 Å². The third-order valence-electron chi connectivity index (χ3n) is 5.94. The van der Waals surface area contributed by atoms with Crippen molar-refractivity contribution in [2.75, 3.05) is 0 Å². The van der Waals surface area contributed by atoms with Crippen LogP contribution in [0.15, 0.2) is 12.2 Å². The Balaban J connectivity index is 1.84. The van der Waals surface area contributed by atoms with Crippen LogP contribution >= 0.6 is 0 Å². The zero-order valence-electron chi connectivity index (χ0n) is 15.1. The van der Waals surface area contributed by atoms with Gasteiger partial charge in [-0.1, -0.05) is 6.58 Å². The second-order valence-corrected chi connectivity index (χ2v) is 7.67. The van der Waals surface area contributed by atoms with Crippen molar-refractivity contribution in [3.8, 4) is 0 Å². The number of rotatable bonds is 5. The van der Waals surface area contributed by atoms with Crippen molar-refractivity contribution < 1.29 is 63.4 Å². The number of esters is 2. The van der Waals surface area contributed by atoms with Crippen molar-refractivity contribution in [2.45, 2.75) is 43.6 Å². The van der Waals surface area contributed by atoms with E-state index in [1.54, 1.807) is 0 Å². The third-order valence-corrected chi connectivity index (χ3v) is 5.94. The smallest absolute Gasteiger partial charge is 0.422 e. The highest BCUT2D eigenvalue weighted by atomic mass is 19.4. The van der Waals surface area contributed by atoms with Crippen LogP contribution in [-0.2, 0) is 23.9 Å². The fourth-order valence-corrected chi connectivity index (χ4v) is 4.65. The number of ketones is 1. The predicted molar refractivity (Wildman–Crippen MR) is 78.8 cm³/mol. The number of Topliss-reactive ketones (excluding diaryl/α,β-unsaturated/α-hetero) is 1. The summed E-state index contributed by atoms with van der Waals surface area (Å²) in [6.07, 6.45) is -21.8. The molecule has 31 heavy (non-hydrogen) atoms. The second kappa shape index (κ2) is 7.12. The van der Waals surface area contributed by atoms with Gasteiger partial charge >= 0.3 is 30.5 Å². The van der Waals surface area contributed by atoms with E-state index in [0.29, 0.717) is 0 Å². The van der Waals surface area contributed by atoms with E-state index in [9.17, 15) is 53.9 Å². The van der Waals surface area contributed by atoms with E-state index in [-0.39, 0.29) is 6.42 Å². The molecule has 0 aromatic carbocycles. The lowest BCUT2D eigenvalue weighted by Crippen LogP contribution is -2.46. The molecule has 0 aromatic heterocycles. The third kappa shape index (κ3) is 4.00. The molecule has 5 nitrogen and oxygen atoms in total. The Hall–Kier alpha value is -2.28. The topological polar surface area (TPSA) is 69.7 Å². The van der Waals surface area contributed by atoms with Gasteiger partial charge in [0.1, 0.15) is 23.6 Å². The SMILES string of the molecule is C=C(C(=O)OC1C2CC3C1OC(=O)C3C2C(=O)CC(C(F)(F)F)C(F)(F)F)C(F)(F)F. The van der Waals surface area contributed by atoms with Gasteiger partial charge in [-0.05, 0) is 6.42 Å². The Bertz CT molecular complexity index is 798. The van der Waals surface area contributed by atoms with Gasteiger partial charge in [-0.25, -0.2) is 4.79 Å². The highest BCUT2D eigenvalue weighted by Gasteiger charge is 2.70. The number of alkyl halides is 9. The molecule has 3 rings (SSSR count). The lowest BCUT2D eigenvalue weighted by Gasteiger charge is -2.32.